The number of thioether (sulfide) groups is 1. The van der Waals surface area contributed by atoms with Crippen LogP contribution in [0.1, 0.15) is 70.0 Å². The van der Waals surface area contributed by atoms with Crippen LogP contribution in [0.25, 0.3) is 0 Å². The van der Waals surface area contributed by atoms with Gasteiger partial charge in [0.1, 0.15) is 5.82 Å². The number of carbonyl (C=O) groups is 2. The highest BCUT2D eigenvalue weighted by molar-refractivity contribution is 8.00. The second kappa shape index (κ2) is 7.67. The number of ketones is 1. The fourth-order valence-corrected chi connectivity index (χ4v) is 3.94. The number of aromatic amines is 1. The van der Waals surface area contributed by atoms with Crippen LogP contribution >= 0.6 is 11.8 Å². The maximum absolute atomic E-state index is 12.9. The number of anilines is 1. The largest absolute Gasteiger partial charge is 0.465 e. The van der Waals surface area contributed by atoms with E-state index in [1.165, 1.54) is 25.3 Å². The first-order valence-corrected chi connectivity index (χ1v) is 9.69. The Balaban J connectivity index is 1.81. The molecule has 3 N–H and O–H groups in total. The summed E-state index contributed by atoms with van der Waals surface area (Å²) in [6.45, 7) is 5.25. The lowest BCUT2D eigenvalue weighted by molar-refractivity contribution is 0.0599. The Hall–Kier alpha value is -2.42. The van der Waals surface area contributed by atoms with Crippen LogP contribution in [-0.4, -0.2) is 44.0 Å². The van der Waals surface area contributed by atoms with Crippen LogP contribution in [-0.2, 0) is 4.74 Å². The molecule has 27 heavy (non-hydrogen) atoms. The van der Waals surface area contributed by atoms with Gasteiger partial charge in [-0.05, 0) is 39.2 Å². The SMILES string of the molecule is COC(=O)c1c(C)[nH]c(C(=O)[C@@H](C)Sc2nc(N)nc(C3CCC3)n2)c1C. The number of H-pyrrole nitrogens is 1. The van der Waals surface area contributed by atoms with Gasteiger partial charge in [-0.3, -0.25) is 4.79 Å². The van der Waals surface area contributed by atoms with Gasteiger partial charge in [0.05, 0.1) is 23.6 Å². The minimum Gasteiger partial charge on any atom is -0.465 e. The van der Waals surface area contributed by atoms with Crippen molar-refractivity contribution in [3.63, 3.8) is 0 Å². The minimum atomic E-state index is -0.462. The first-order chi connectivity index (χ1) is 12.8. The molecule has 2 heterocycles. The van der Waals surface area contributed by atoms with E-state index in [0.29, 0.717) is 39.4 Å². The van der Waals surface area contributed by atoms with Crippen molar-refractivity contribution in [1.29, 1.82) is 0 Å². The highest BCUT2D eigenvalue weighted by atomic mass is 32.2. The quantitative estimate of drug-likeness (QED) is 0.439. The average Bonchev–Trinajstić information content (AvgIpc) is 2.86. The van der Waals surface area contributed by atoms with E-state index in [9.17, 15) is 9.59 Å². The summed E-state index contributed by atoms with van der Waals surface area (Å²) in [4.78, 5) is 40.7. The van der Waals surface area contributed by atoms with E-state index < -0.39 is 11.2 Å². The Kier molecular flexibility index (Phi) is 5.50. The van der Waals surface area contributed by atoms with Crippen molar-refractivity contribution >= 4 is 29.5 Å². The number of nitrogens with one attached hydrogen (secondary N) is 1. The fourth-order valence-electron chi connectivity index (χ4n) is 3.11. The molecule has 0 unspecified atom stereocenters. The number of nitrogens with two attached hydrogens (primary N) is 1. The number of Topliss-reactive ketones (excluding diaryl/α,β-unsaturated/α-hetero) is 1. The number of rotatable bonds is 6. The molecule has 0 aromatic carbocycles. The van der Waals surface area contributed by atoms with E-state index in [1.54, 1.807) is 20.8 Å². The predicted molar refractivity (Wildman–Crippen MR) is 102 cm³/mol. The molecule has 1 atom stereocenters. The van der Waals surface area contributed by atoms with Crippen molar-refractivity contribution in [3.05, 3.63) is 28.3 Å². The molecule has 0 bridgehead atoms. The number of aryl methyl sites for hydroxylation is 1. The zero-order chi connectivity index (χ0) is 19.7. The van der Waals surface area contributed by atoms with Crippen molar-refractivity contribution < 1.29 is 14.3 Å². The van der Waals surface area contributed by atoms with Crippen molar-refractivity contribution in [2.75, 3.05) is 12.8 Å². The Morgan fingerprint density at radius 1 is 1.26 bits per heavy atom. The van der Waals surface area contributed by atoms with Gasteiger partial charge in [-0.15, -0.1) is 0 Å². The minimum absolute atomic E-state index is 0.139. The van der Waals surface area contributed by atoms with Crippen LogP contribution < -0.4 is 5.73 Å². The Morgan fingerprint density at radius 3 is 2.56 bits per heavy atom. The molecule has 2 aromatic rings. The van der Waals surface area contributed by atoms with Crippen LogP contribution in [0, 0.1) is 13.8 Å². The van der Waals surface area contributed by atoms with Gasteiger partial charge in [0, 0.05) is 11.6 Å². The molecule has 1 aliphatic carbocycles. The van der Waals surface area contributed by atoms with E-state index in [-0.39, 0.29) is 11.7 Å². The van der Waals surface area contributed by atoms with E-state index in [0.717, 1.165) is 12.8 Å². The van der Waals surface area contributed by atoms with Crippen LogP contribution in [0.4, 0.5) is 5.95 Å². The topological polar surface area (TPSA) is 124 Å². The van der Waals surface area contributed by atoms with Gasteiger partial charge in [-0.2, -0.15) is 9.97 Å². The van der Waals surface area contributed by atoms with E-state index in [1.807, 2.05) is 0 Å². The molecular weight excluding hydrogens is 366 g/mol. The van der Waals surface area contributed by atoms with Gasteiger partial charge in [0.25, 0.3) is 0 Å². The molecule has 0 radical (unpaired) electrons. The third-order valence-corrected chi connectivity index (χ3v) is 5.81. The van der Waals surface area contributed by atoms with E-state index in [2.05, 4.69) is 19.9 Å². The lowest BCUT2D eigenvalue weighted by Crippen LogP contribution is -2.18. The average molecular weight is 389 g/mol. The molecule has 9 heteroatoms. The van der Waals surface area contributed by atoms with Crippen molar-refractivity contribution in [2.45, 2.75) is 56.4 Å². The van der Waals surface area contributed by atoms with Gasteiger partial charge >= 0.3 is 5.97 Å². The van der Waals surface area contributed by atoms with Crippen molar-refractivity contribution in [1.82, 2.24) is 19.9 Å². The second-order valence-corrected chi connectivity index (χ2v) is 8.01. The summed E-state index contributed by atoms with van der Waals surface area (Å²) in [6, 6.07) is 0. The number of hydrogen-bond acceptors (Lipinski definition) is 8. The molecule has 3 rings (SSSR count). The number of esters is 1. The monoisotopic (exact) mass is 389 g/mol. The number of aromatic nitrogens is 4. The summed E-state index contributed by atoms with van der Waals surface area (Å²) in [6.07, 6.45) is 3.28. The van der Waals surface area contributed by atoms with Gasteiger partial charge in [0.15, 0.2) is 10.9 Å². The Morgan fingerprint density at radius 2 is 1.96 bits per heavy atom. The standard InChI is InChI=1S/C18H23N5O3S/c1-8-12(16(25)26-4)9(2)20-13(8)14(24)10(3)27-18-22-15(11-6-5-7-11)21-17(19)23-18/h10-11,20H,5-7H2,1-4H3,(H2,19,21,22,23)/t10-/m1/s1. The molecular formula is C18H23N5O3S. The van der Waals surface area contributed by atoms with Crippen LogP contribution in [0.2, 0.25) is 0 Å². The summed E-state index contributed by atoms with van der Waals surface area (Å²) < 4.78 is 4.80. The van der Waals surface area contributed by atoms with Crippen LogP contribution in [0.15, 0.2) is 5.16 Å². The van der Waals surface area contributed by atoms with Gasteiger partial charge in [-0.25, -0.2) is 9.78 Å². The van der Waals surface area contributed by atoms with Gasteiger partial charge in [0.2, 0.25) is 5.95 Å². The summed E-state index contributed by atoms with van der Waals surface area (Å²) in [5, 5.41) is -0.0114. The van der Waals surface area contributed by atoms with Crippen molar-refractivity contribution in [2.24, 2.45) is 0 Å². The third kappa shape index (κ3) is 3.83. The fraction of sp³-hybridized carbons (Fsp3) is 0.500. The summed E-state index contributed by atoms with van der Waals surface area (Å²) in [5.74, 6) is 0.609. The number of nitrogen functional groups attached to an aromatic ring is 1. The van der Waals surface area contributed by atoms with Gasteiger partial charge in [-0.1, -0.05) is 18.2 Å². The molecule has 0 saturated heterocycles. The molecule has 8 nitrogen and oxygen atoms in total. The Bertz CT molecular complexity index is 891. The summed E-state index contributed by atoms with van der Waals surface area (Å²) in [5.41, 5.74) is 7.81. The lowest BCUT2D eigenvalue weighted by Gasteiger charge is -2.23. The first kappa shape index (κ1) is 19.3. The lowest BCUT2D eigenvalue weighted by atomic mass is 9.85. The number of hydrogen-bond donors (Lipinski definition) is 2. The smallest absolute Gasteiger partial charge is 0.339 e. The maximum atomic E-state index is 12.9. The van der Waals surface area contributed by atoms with E-state index >= 15 is 0 Å². The number of ether oxygens (including phenoxy) is 1. The van der Waals surface area contributed by atoms with Crippen LogP contribution in [0.5, 0.6) is 0 Å². The first-order valence-electron chi connectivity index (χ1n) is 8.81. The number of carbonyl (C=O) groups excluding carboxylic acids is 2. The molecule has 0 spiro atoms. The molecule has 2 aromatic heterocycles. The van der Waals surface area contributed by atoms with Gasteiger partial charge < -0.3 is 15.5 Å². The highest BCUT2D eigenvalue weighted by Gasteiger charge is 2.28. The molecule has 0 aliphatic heterocycles. The third-order valence-electron chi connectivity index (χ3n) is 4.84. The predicted octanol–water partition coefficient (Wildman–Crippen LogP) is 2.82. The molecule has 144 valence electrons. The summed E-state index contributed by atoms with van der Waals surface area (Å²) in [7, 11) is 1.32. The number of nitrogens with zero attached hydrogens (tertiary/aromatic N) is 3. The second-order valence-electron chi connectivity index (χ2n) is 6.70. The Labute approximate surface area is 161 Å². The highest BCUT2D eigenvalue weighted by Crippen LogP contribution is 2.35. The van der Waals surface area contributed by atoms with E-state index in [4.69, 9.17) is 10.5 Å². The van der Waals surface area contributed by atoms with Crippen LogP contribution in [0.3, 0.4) is 0 Å². The zero-order valence-corrected chi connectivity index (χ0v) is 16.6. The molecule has 1 saturated carbocycles. The molecule has 1 aliphatic rings. The number of methoxy groups -OCH3 is 1. The maximum Gasteiger partial charge on any atom is 0.339 e. The molecule has 1 fully saturated rings. The van der Waals surface area contributed by atoms with Crippen molar-refractivity contribution in [3.8, 4) is 0 Å². The summed E-state index contributed by atoms with van der Waals surface area (Å²) >= 11 is 1.24. The zero-order valence-electron chi connectivity index (χ0n) is 15.8. The molecule has 0 amide bonds. The normalized spacial score (nSPS) is 15.3.